The maximum Gasteiger partial charge on any atom is 0.318 e. The van der Waals surface area contributed by atoms with Crippen LogP contribution in [0.5, 0.6) is 5.75 Å². The zero-order valence-corrected chi connectivity index (χ0v) is 26.4. The number of nitrogens with one attached hydrogen (secondary N) is 3. The minimum Gasteiger partial charge on any atom is -0.492 e. The van der Waals surface area contributed by atoms with E-state index in [1.807, 2.05) is 76.6 Å². The van der Waals surface area contributed by atoms with Gasteiger partial charge in [0.25, 0.3) is 0 Å². The van der Waals surface area contributed by atoms with Crippen LogP contribution in [0.2, 0.25) is 0 Å². The molecule has 5 rings (SSSR count). The molecular formula is C35H44N6O3. The van der Waals surface area contributed by atoms with E-state index >= 15 is 0 Å². The highest BCUT2D eigenvalue weighted by Gasteiger charge is 2.32. The lowest BCUT2D eigenvalue weighted by Crippen LogP contribution is -2.56. The summed E-state index contributed by atoms with van der Waals surface area (Å²) in [6, 6.07) is 21.2. The van der Waals surface area contributed by atoms with Crippen LogP contribution in [0.25, 0.3) is 10.9 Å². The van der Waals surface area contributed by atoms with Gasteiger partial charge >= 0.3 is 6.03 Å². The third-order valence-electron chi connectivity index (χ3n) is 8.24. The summed E-state index contributed by atoms with van der Waals surface area (Å²) >= 11 is 0. The summed E-state index contributed by atoms with van der Waals surface area (Å²) in [5, 5.41) is 7.25. The molecule has 0 spiro atoms. The number of piperazine rings is 1. The molecule has 0 saturated carbocycles. The van der Waals surface area contributed by atoms with Crippen molar-refractivity contribution < 1.29 is 14.3 Å². The normalized spacial score (nSPS) is 14.9. The Bertz CT molecular complexity index is 1570. The van der Waals surface area contributed by atoms with Gasteiger partial charge in [-0.1, -0.05) is 48.9 Å². The third kappa shape index (κ3) is 7.17. The number of urea groups is 1. The number of anilines is 2. The molecular weight excluding hydrogens is 552 g/mol. The first kappa shape index (κ1) is 30.9. The number of aromatic amines is 1. The van der Waals surface area contributed by atoms with Crippen molar-refractivity contribution in [3.8, 4) is 5.75 Å². The Kier molecular flexibility index (Phi) is 9.75. The summed E-state index contributed by atoms with van der Waals surface area (Å²) in [6.45, 7) is 9.75. The van der Waals surface area contributed by atoms with Crippen LogP contribution in [0.3, 0.4) is 0 Å². The number of nitrogens with zero attached hydrogens (tertiary/aromatic N) is 3. The Balaban J connectivity index is 1.37. The van der Waals surface area contributed by atoms with Crippen LogP contribution in [-0.2, 0) is 11.3 Å². The highest BCUT2D eigenvalue weighted by atomic mass is 16.5. The minimum atomic E-state index is -0.830. The fourth-order valence-electron chi connectivity index (χ4n) is 5.85. The molecule has 2 heterocycles. The first-order valence-corrected chi connectivity index (χ1v) is 15.4. The fraction of sp³-hybridized carbons (Fsp3) is 0.371. The number of hydrogen-bond donors (Lipinski definition) is 3. The van der Waals surface area contributed by atoms with Crippen LogP contribution >= 0.6 is 0 Å². The lowest BCUT2D eigenvalue weighted by molar-refractivity contribution is -0.118. The van der Waals surface area contributed by atoms with Gasteiger partial charge in [0.1, 0.15) is 11.8 Å². The Morgan fingerprint density at radius 3 is 2.43 bits per heavy atom. The van der Waals surface area contributed by atoms with Crippen LogP contribution in [-0.4, -0.2) is 79.6 Å². The molecule has 1 aliphatic rings. The molecule has 44 heavy (non-hydrogen) atoms. The zero-order chi connectivity index (χ0) is 31.2. The molecule has 232 valence electrons. The summed E-state index contributed by atoms with van der Waals surface area (Å²) in [7, 11) is 4.01. The van der Waals surface area contributed by atoms with Crippen LogP contribution in [0.15, 0.2) is 72.9 Å². The maximum atomic E-state index is 14.1. The van der Waals surface area contributed by atoms with E-state index in [2.05, 4.69) is 56.6 Å². The molecule has 9 nitrogen and oxygen atoms in total. The van der Waals surface area contributed by atoms with E-state index in [-0.39, 0.29) is 17.9 Å². The summed E-state index contributed by atoms with van der Waals surface area (Å²) in [5.74, 6) is -0.0118. The smallest absolute Gasteiger partial charge is 0.318 e. The molecule has 1 aliphatic heterocycles. The van der Waals surface area contributed by atoms with E-state index in [1.54, 1.807) is 4.90 Å². The highest BCUT2D eigenvalue weighted by Crippen LogP contribution is 2.31. The van der Waals surface area contributed by atoms with E-state index in [1.165, 1.54) is 5.56 Å². The van der Waals surface area contributed by atoms with Crippen LogP contribution in [0, 0.1) is 6.92 Å². The fourth-order valence-corrected chi connectivity index (χ4v) is 5.85. The van der Waals surface area contributed by atoms with E-state index in [0.717, 1.165) is 47.4 Å². The first-order valence-electron chi connectivity index (χ1n) is 15.4. The van der Waals surface area contributed by atoms with Gasteiger partial charge < -0.3 is 35.1 Å². The van der Waals surface area contributed by atoms with Crippen molar-refractivity contribution in [1.82, 2.24) is 20.1 Å². The number of carbonyl (C=O) groups excluding carboxylic acids is 2. The second kappa shape index (κ2) is 13.9. The monoisotopic (exact) mass is 596 g/mol. The van der Waals surface area contributed by atoms with Crippen molar-refractivity contribution in [2.45, 2.75) is 39.3 Å². The molecule has 3 aromatic carbocycles. The van der Waals surface area contributed by atoms with E-state index in [9.17, 15) is 9.59 Å². The van der Waals surface area contributed by atoms with Crippen molar-refractivity contribution in [3.63, 3.8) is 0 Å². The number of aromatic nitrogens is 1. The second-order valence-electron chi connectivity index (χ2n) is 11.8. The standard InChI is InChI=1S/C35H44N6O3/c1-6-44-32-16-13-26(23-39(4)5)21-31(32)37-34(42)33(25(3)29-22-36-30-10-8-7-9-28(29)30)38-35(43)41-19-17-40(18-20-41)27-14-11-24(2)12-15-27/h7-16,21-22,25,33,36H,6,17-20,23H2,1-5H3,(H,37,42)(H,38,43)/t25-,33-/m1/s1. The quantitative estimate of drug-likeness (QED) is 0.222. The molecule has 3 N–H and O–H groups in total. The summed E-state index contributed by atoms with van der Waals surface area (Å²) in [4.78, 5) is 37.3. The predicted octanol–water partition coefficient (Wildman–Crippen LogP) is 5.58. The van der Waals surface area contributed by atoms with Crippen molar-refractivity contribution in [3.05, 3.63) is 89.6 Å². The Morgan fingerprint density at radius 2 is 1.73 bits per heavy atom. The van der Waals surface area contributed by atoms with Gasteiger partial charge in [0.15, 0.2) is 0 Å². The van der Waals surface area contributed by atoms with Gasteiger partial charge in [-0.05, 0) is 69.4 Å². The number of aryl methyl sites for hydroxylation is 1. The molecule has 1 saturated heterocycles. The number of fused-ring (bicyclic) bond motifs is 1. The number of H-pyrrole nitrogens is 1. The van der Waals surface area contributed by atoms with Crippen molar-refractivity contribution in [1.29, 1.82) is 0 Å². The first-order chi connectivity index (χ1) is 21.2. The van der Waals surface area contributed by atoms with E-state index in [4.69, 9.17) is 4.74 Å². The molecule has 0 aliphatic carbocycles. The number of rotatable bonds is 10. The Labute approximate surface area is 260 Å². The van der Waals surface area contributed by atoms with Gasteiger partial charge in [-0.2, -0.15) is 0 Å². The largest absolute Gasteiger partial charge is 0.492 e. The summed E-state index contributed by atoms with van der Waals surface area (Å²) < 4.78 is 5.86. The van der Waals surface area contributed by atoms with Crippen molar-refractivity contribution >= 4 is 34.2 Å². The number of benzene rings is 3. The number of hydrogen-bond acceptors (Lipinski definition) is 5. The molecule has 3 amide bonds. The molecule has 4 aromatic rings. The average Bonchev–Trinajstić information content (AvgIpc) is 3.45. The molecule has 2 atom stereocenters. The topological polar surface area (TPSA) is 92.9 Å². The second-order valence-corrected chi connectivity index (χ2v) is 11.8. The predicted molar refractivity (Wildman–Crippen MR) is 178 cm³/mol. The number of amides is 3. The molecule has 0 bridgehead atoms. The molecule has 9 heteroatoms. The van der Waals surface area contributed by atoms with Gasteiger partial charge in [0.05, 0.1) is 12.3 Å². The van der Waals surface area contributed by atoms with E-state index < -0.39 is 6.04 Å². The SMILES string of the molecule is CCOc1ccc(CN(C)C)cc1NC(=O)[C@H](NC(=O)N1CCN(c2ccc(C)cc2)CC1)[C@H](C)c1c[nH]c2ccccc12. The van der Waals surface area contributed by atoms with Crippen LogP contribution in [0.1, 0.15) is 36.5 Å². The molecule has 1 fully saturated rings. The van der Waals surface area contributed by atoms with Gasteiger partial charge in [-0.15, -0.1) is 0 Å². The number of carbonyl (C=O) groups is 2. The van der Waals surface area contributed by atoms with Crippen LogP contribution in [0.4, 0.5) is 16.2 Å². The van der Waals surface area contributed by atoms with Crippen LogP contribution < -0.4 is 20.3 Å². The summed E-state index contributed by atoms with van der Waals surface area (Å²) in [5.41, 5.74) is 5.97. The average molecular weight is 597 g/mol. The molecule has 0 unspecified atom stereocenters. The highest BCUT2D eigenvalue weighted by molar-refractivity contribution is 5.99. The van der Waals surface area contributed by atoms with Gasteiger partial charge in [-0.25, -0.2) is 4.79 Å². The van der Waals surface area contributed by atoms with Gasteiger partial charge in [0.2, 0.25) is 5.91 Å². The lowest BCUT2D eigenvalue weighted by Gasteiger charge is -2.37. The van der Waals surface area contributed by atoms with Crippen molar-refractivity contribution in [2.24, 2.45) is 0 Å². The third-order valence-corrected chi connectivity index (χ3v) is 8.24. The number of para-hydroxylation sites is 1. The zero-order valence-electron chi connectivity index (χ0n) is 26.4. The molecule has 0 radical (unpaired) electrons. The van der Waals surface area contributed by atoms with Gasteiger partial charge in [0, 0.05) is 61.4 Å². The minimum absolute atomic E-state index is 0.244. The summed E-state index contributed by atoms with van der Waals surface area (Å²) in [6.07, 6.45) is 1.94. The Morgan fingerprint density at radius 1 is 1.00 bits per heavy atom. The van der Waals surface area contributed by atoms with E-state index in [0.29, 0.717) is 31.1 Å². The van der Waals surface area contributed by atoms with Crippen molar-refractivity contribution in [2.75, 3.05) is 57.1 Å². The lowest BCUT2D eigenvalue weighted by atomic mass is 9.92. The Hall–Kier alpha value is -4.50. The molecule has 1 aromatic heterocycles. The maximum absolute atomic E-state index is 14.1. The number of ether oxygens (including phenoxy) is 1. The van der Waals surface area contributed by atoms with Gasteiger partial charge in [-0.3, -0.25) is 4.79 Å².